The van der Waals surface area contributed by atoms with Crippen LogP contribution in [0.2, 0.25) is 0 Å². The molecule has 0 saturated carbocycles. The van der Waals surface area contributed by atoms with Crippen LogP contribution in [-0.2, 0) is 6.42 Å². The van der Waals surface area contributed by atoms with Gasteiger partial charge in [0.15, 0.2) is 0 Å². The van der Waals surface area contributed by atoms with Gasteiger partial charge >= 0.3 is 0 Å². The molecule has 0 amide bonds. The molecule has 2 aromatic rings. The fourth-order valence-corrected chi connectivity index (χ4v) is 1.70. The van der Waals surface area contributed by atoms with E-state index in [1.165, 1.54) is 0 Å². The molecule has 0 aromatic carbocycles. The van der Waals surface area contributed by atoms with Gasteiger partial charge in [-0.15, -0.1) is 0 Å². The first-order valence-electron chi connectivity index (χ1n) is 6.05. The summed E-state index contributed by atoms with van der Waals surface area (Å²) < 4.78 is 5.56. The minimum atomic E-state index is 0.541. The van der Waals surface area contributed by atoms with Gasteiger partial charge in [-0.05, 0) is 42.2 Å². The number of nitrogens with two attached hydrogens (primary N) is 1. The fourth-order valence-electron chi connectivity index (χ4n) is 1.70. The number of nitrogen functional groups attached to an aromatic ring is 1. The van der Waals surface area contributed by atoms with Gasteiger partial charge in [0.05, 0.1) is 12.8 Å². The highest BCUT2D eigenvalue weighted by Gasteiger charge is 2.00. The van der Waals surface area contributed by atoms with Crippen molar-refractivity contribution in [3.63, 3.8) is 0 Å². The maximum Gasteiger partial charge on any atom is 0.137 e. The van der Waals surface area contributed by atoms with Crippen molar-refractivity contribution in [3.8, 4) is 5.75 Å². The van der Waals surface area contributed by atoms with Crippen molar-refractivity contribution in [2.45, 2.75) is 19.8 Å². The molecule has 0 bridgehead atoms. The van der Waals surface area contributed by atoms with Gasteiger partial charge in [-0.25, -0.2) is 4.98 Å². The Balaban J connectivity index is 2.09. The van der Waals surface area contributed by atoms with Crippen LogP contribution < -0.4 is 10.5 Å². The summed E-state index contributed by atoms with van der Waals surface area (Å²) in [6, 6.07) is 5.84. The van der Waals surface area contributed by atoms with Gasteiger partial charge in [-0.2, -0.15) is 0 Å². The zero-order chi connectivity index (χ0) is 12.8. The molecule has 0 aliphatic heterocycles. The highest BCUT2D eigenvalue weighted by Crippen LogP contribution is 2.15. The predicted molar refractivity (Wildman–Crippen MR) is 71.5 cm³/mol. The second-order valence-electron chi connectivity index (χ2n) is 4.14. The Morgan fingerprint density at radius 3 is 2.89 bits per heavy atom. The van der Waals surface area contributed by atoms with E-state index in [2.05, 4.69) is 16.9 Å². The predicted octanol–water partition coefficient (Wildman–Crippen LogP) is 2.44. The Morgan fingerprint density at radius 1 is 1.22 bits per heavy atom. The summed E-state index contributed by atoms with van der Waals surface area (Å²) >= 11 is 0. The van der Waals surface area contributed by atoms with Crippen LogP contribution >= 0.6 is 0 Å². The molecule has 94 valence electrons. The third-order valence-corrected chi connectivity index (χ3v) is 2.50. The number of anilines is 1. The molecule has 4 heteroatoms. The van der Waals surface area contributed by atoms with Crippen molar-refractivity contribution in [1.82, 2.24) is 9.97 Å². The Hall–Kier alpha value is -2.10. The lowest BCUT2D eigenvalue weighted by atomic mass is 10.1. The summed E-state index contributed by atoms with van der Waals surface area (Å²) in [5, 5.41) is 0. The second kappa shape index (κ2) is 6.00. The summed E-state index contributed by atoms with van der Waals surface area (Å²) in [6.45, 7) is 2.80. The summed E-state index contributed by atoms with van der Waals surface area (Å²) in [6.07, 6.45) is 7.07. The van der Waals surface area contributed by atoms with E-state index in [0.29, 0.717) is 12.4 Å². The van der Waals surface area contributed by atoms with Crippen LogP contribution in [0.15, 0.2) is 36.8 Å². The molecule has 0 unspecified atom stereocenters. The van der Waals surface area contributed by atoms with Crippen LogP contribution in [0, 0.1) is 0 Å². The number of nitrogens with zero attached hydrogens (tertiary/aromatic N) is 2. The van der Waals surface area contributed by atoms with Crippen molar-refractivity contribution >= 4 is 5.82 Å². The van der Waals surface area contributed by atoms with Crippen LogP contribution in [0.1, 0.15) is 24.5 Å². The largest absolute Gasteiger partial charge is 0.492 e. The zero-order valence-electron chi connectivity index (χ0n) is 10.5. The molecule has 0 radical (unpaired) electrons. The van der Waals surface area contributed by atoms with Crippen LogP contribution in [0.25, 0.3) is 0 Å². The van der Waals surface area contributed by atoms with Crippen LogP contribution in [-0.4, -0.2) is 16.6 Å². The highest BCUT2D eigenvalue weighted by molar-refractivity contribution is 5.35. The molecule has 0 aliphatic rings. The zero-order valence-corrected chi connectivity index (χ0v) is 10.5. The molecule has 18 heavy (non-hydrogen) atoms. The molecule has 2 N–H and O–H groups in total. The molecule has 0 atom stereocenters. The van der Waals surface area contributed by atoms with Crippen molar-refractivity contribution < 1.29 is 4.74 Å². The van der Waals surface area contributed by atoms with Crippen molar-refractivity contribution in [3.05, 3.63) is 47.9 Å². The number of ether oxygens (including phenoxy) is 1. The Kier molecular flexibility index (Phi) is 4.12. The van der Waals surface area contributed by atoms with Crippen LogP contribution in [0.5, 0.6) is 5.75 Å². The van der Waals surface area contributed by atoms with E-state index in [1.807, 2.05) is 24.4 Å². The fraction of sp³-hybridized carbons (Fsp3) is 0.286. The molecule has 0 saturated heterocycles. The SMILES string of the molecule is CCCOc1cncc(Cc2ccnc(N)c2)c1. The first kappa shape index (κ1) is 12.4. The van der Waals surface area contributed by atoms with Crippen LogP contribution in [0.3, 0.4) is 0 Å². The summed E-state index contributed by atoms with van der Waals surface area (Å²) in [5.41, 5.74) is 7.88. The average Bonchev–Trinajstić information content (AvgIpc) is 2.37. The smallest absolute Gasteiger partial charge is 0.137 e. The average molecular weight is 243 g/mol. The second-order valence-corrected chi connectivity index (χ2v) is 4.14. The first-order valence-corrected chi connectivity index (χ1v) is 6.05. The van der Waals surface area contributed by atoms with Gasteiger partial charge in [0, 0.05) is 12.4 Å². The maximum atomic E-state index is 5.66. The van der Waals surface area contributed by atoms with E-state index < -0.39 is 0 Å². The van der Waals surface area contributed by atoms with Crippen molar-refractivity contribution in [2.24, 2.45) is 0 Å². The molecular weight excluding hydrogens is 226 g/mol. The van der Waals surface area contributed by atoms with Gasteiger partial charge in [-0.3, -0.25) is 4.98 Å². The maximum absolute atomic E-state index is 5.66. The lowest BCUT2D eigenvalue weighted by Crippen LogP contribution is -1.98. The topological polar surface area (TPSA) is 61.0 Å². The lowest BCUT2D eigenvalue weighted by Gasteiger charge is -2.06. The van der Waals surface area contributed by atoms with Crippen LogP contribution in [0.4, 0.5) is 5.82 Å². The molecule has 2 heterocycles. The third kappa shape index (κ3) is 3.45. The van der Waals surface area contributed by atoms with Crippen molar-refractivity contribution in [2.75, 3.05) is 12.3 Å². The van der Waals surface area contributed by atoms with Gasteiger partial charge in [0.25, 0.3) is 0 Å². The standard InChI is InChI=1S/C14H17N3O/c1-2-5-18-13-7-12(9-16-10-13)6-11-3-4-17-14(15)8-11/h3-4,7-10H,2,5-6H2,1H3,(H2,15,17). The van der Waals surface area contributed by atoms with Gasteiger partial charge in [0.1, 0.15) is 11.6 Å². The van der Waals surface area contributed by atoms with Gasteiger partial charge in [-0.1, -0.05) is 6.92 Å². The molecule has 2 rings (SSSR count). The minimum absolute atomic E-state index is 0.541. The minimum Gasteiger partial charge on any atom is -0.492 e. The Bertz CT molecular complexity index is 514. The third-order valence-electron chi connectivity index (χ3n) is 2.50. The van der Waals surface area contributed by atoms with E-state index >= 15 is 0 Å². The summed E-state index contributed by atoms with van der Waals surface area (Å²) in [7, 11) is 0. The number of pyridine rings is 2. The molecule has 2 aromatic heterocycles. The number of hydrogen-bond donors (Lipinski definition) is 1. The molecule has 0 fully saturated rings. The normalized spacial score (nSPS) is 10.3. The first-order chi connectivity index (χ1) is 8.78. The number of rotatable bonds is 5. The van der Waals surface area contributed by atoms with Gasteiger partial charge < -0.3 is 10.5 Å². The molecular formula is C14H17N3O. The van der Waals surface area contributed by atoms with E-state index in [9.17, 15) is 0 Å². The number of hydrogen-bond acceptors (Lipinski definition) is 4. The van der Waals surface area contributed by atoms with Crippen molar-refractivity contribution in [1.29, 1.82) is 0 Å². The quantitative estimate of drug-likeness (QED) is 0.876. The van der Waals surface area contributed by atoms with Gasteiger partial charge in [0.2, 0.25) is 0 Å². The van der Waals surface area contributed by atoms with E-state index in [1.54, 1.807) is 12.4 Å². The highest BCUT2D eigenvalue weighted by atomic mass is 16.5. The number of aromatic nitrogens is 2. The molecule has 0 aliphatic carbocycles. The Morgan fingerprint density at radius 2 is 2.11 bits per heavy atom. The van der Waals surface area contributed by atoms with E-state index in [4.69, 9.17) is 10.5 Å². The summed E-state index contributed by atoms with van der Waals surface area (Å²) in [4.78, 5) is 8.16. The molecule has 4 nitrogen and oxygen atoms in total. The molecule has 0 spiro atoms. The van der Waals surface area contributed by atoms with E-state index in [0.717, 1.165) is 29.7 Å². The monoisotopic (exact) mass is 243 g/mol. The Labute approximate surface area is 107 Å². The summed E-state index contributed by atoms with van der Waals surface area (Å²) in [5.74, 6) is 1.36. The lowest BCUT2D eigenvalue weighted by molar-refractivity contribution is 0.316. The van der Waals surface area contributed by atoms with E-state index in [-0.39, 0.29) is 0 Å².